The zero-order valence-corrected chi connectivity index (χ0v) is 14.8. The van der Waals surface area contributed by atoms with Gasteiger partial charge in [-0.25, -0.2) is 13.1 Å². The van der Waals surface area contributed by atoms with E-state index >= 15 is 0 Å². The van der Waals surface area contributed by atoms with E-state index in [0.29, 0.717) is 5.56 Å². The molecule has 0 spiro atoms. The van der Waals surface area contributed by atoms with Crippen molar-refractivity contribution in [3.8, 4) is 0 Å². The first-order valence-electron chi connectivity index (χ1n) is 7.70. The molecule has 0 amide bonds. The van der Waals surface area contributed by atoms with Crippen LogP contribution in [0.4, 0.5) is 13.2 Å². The fraction of sp³-hybridized carbons (Fsp3) is 0.167. The van der Waals surface area contributed by atoms with Crippen molar-refractivity contribution < 1.29 is 31.1 Å². The van der Waals surface area contributed by atoms with Crippen LogP contribution in [-0.4, -0.2) is 20.9 Å². The Kier molecular flexibility index (Phi) is 6.75. The molecule has 0 atom stereocenters. The van der Waals surface area contributed by atoms with Crippen molar-refractivity contribution in [2.75, 3.05) is 6.54 Å². The van der Waals surface area contributed by atoms with Gasteiger partial charge in [-0.15, -0.1) is 0 Å². The second-order valence-corrected chi connectivity index (χ2v) is 7.09. The van der Waals surface area contributed by atoms with Crippen LogP contribution in [0, 0.1) is 0 Å². The Balaban J connectivity index is 1.85. The van der Waals surface area contributed by atoms with Crippen LogP contribution in [0.15, 0.2) is 60.0 Å². The summed E-state index contributed by atoms with van der Waals surface area (Å²) in [5.41, 5.74) is -0.0530. The second-order valence-electron chi connectivity index (χ2n) is 5.44. The van der Waals surface area contributed by atoms with Gasteiger partial charge in [-0.05, 0) is 29.3 Å². The van der Waals surface area contributed by atoms with Crippen molar-refractivity contribution in [3.63, 3.8) is 0 Å². The van der Waals surface area contributed by atoms with E-state index in [-0.39, 0.29) is 5.56 Å². The molecule has 0 aliphatic rings. The molecule has 9 heteroatoms. The number of hydrogen-bond acceptors (Lipinski definition) is 4. The largest absolute Gasteiger partial charge is 0.460 e. The van der Waals surface area contributed by atoms with Gasteiger partial charge in [-0.3, -0.25) is 4.79 Å². The number of rotatable bonds is 7. The summed E-state index contributed by atoms with van der Waals surface area (Å²) in [5.74, 6) is -0.913. The van der Waals surface area contributed by atoms with E-state index in [2.05, 4.69) is 0 Å². The first-order chi connectivity index (χ1) is 12.7. The number of ether oxygens (including phenoxy) is 1. The summed E-state index contributed by atoms with van der Waals surface area (Å²) < 4.78 is 68.3. The van der Waals surface area contributed by atoms with Crippen molar-refractivity contribution in [2.45, 2.75) is 12.8 Å². The monoisotopic (exact) mass is 399 g/mol. The quantitative estimate of drug-likeness (QED) is 0.725. The highest BCUT2D eigenvalue weighted by atomic mass is 32.2. The zero-order chi connectivity index (χ0) is 19.9. The van der Waals surface area contributed by atoms with E-state index in [0.717, 1.165) is 17.5 Å². The molecule has 0 fully saturated rings. The van der Waals surface area contributed by atoms with Crippen LogP contribution in [0.5, 0.6) is 0 Å². The minimum atomic E-state index is -4.50. The lowest BCUT2D eigenvalue weighted by atomic mass is 10.1. The predicted molar refractivity (Wildman–Crippen MR) is 93.6 cm³/mol. The van der Waals surface area contributed by atoms with E-state index < -0.39 is 40.9 Å². The van der Waals surface area contributed by atoms with Gasteiger partial charge in [0, 0.05) is 5.41 Å². The molecule has 0 radical (unpaired) electrons. The number of alkyl halides is 3. The number of benzene rings is 2. The third kappa shape index (κ3) is 7.24. The van der Waals surface area contributed by atoms with Crippen LogP contribution in [0.25, 0.3) is 6.08 Å². The number of carbonyl (C=O) groups is 1. The van der Waals surface area contributed by atoms with E-state index in [9.17, 15) is 26.4 Å². The number of carbonyl (C=O) groups excluding carboxylic acids is 1. The summed E-state index contributed by atoms with van der Waals surface area (Å²) in [6, 6.07) is 13.0. The van der Waals surface area contributed by atoms with E-state index in [1.54, 1.807) is 30.3 Å². The fourth-order valence-electron chi connectivity index (χ4n) is 1.99. The highest BCUT2D eigenvalue weighted by Crippen LogP contribution is 2.29. The molecule has 0 saturated carbocycles. The first kappa shape index (κ1) is 20.7. The Bertz CT molecular complexity index is 910. The molecule has 0 aromatic heterocycles. The third-order valence-corrected chi connectivity index (χ3v) is 4.35. The smallest absolute Gasteiger partial charge is 0.416 e. The molecule has 2 aromatic rings. The van der Waals surface area contributed by atoms with E-state index in [4.69, 9.17) is 4.74 Å². The van der Waals surface area contributed by atoms with Crippen molar-refractivity contribution in [3.05, 3.63) is 76.7 Å². The molecule has 144 valence electrons. The second kappa shape index (κ2) is 8.83. The average molecular weight is 399 g/mol. The highest BCUT2D eigenvalue weighted by molar-refractivity contribution is 7.92. The number of hydrogen-bond donors (Lipinski definition) is 1. The number of halogens is 3. The number of esters is 1. The Labute approximate surface area is 154 Å². The number of sulfonamides is 1. The van der Waals surface area contributed by atoms with Crippen LogP contribution in [0.2, 0.25) is 0 Å². The molecule has 27 heavy (non-hydrogen) atoms. The van der Waals surface area contributed by atoms with Gasteiger partial charge >= 0.3 is 12.1 Å². The fourth-order valence-corrected chi connectivity index (χ4v) is 2.74. The maximum Gasteiger partial charge on any atom is 0.416 e. The molecule has 0 aliphatic heterocycles. The van der Waals surface area contributed by atoms with Crippen molar-refractivity contribution in [2.24, 2.45) is 0 Å². The molecule has 0 bridgehead atoms. The topological polar surface area (TPSA) is 72.5 Å². The highest BCUT2D eigenvalue weighted by Gasteiger charge is 2.30. The standard InChI is InChI=1S/C18H16F3NO4S/c19-18(20,21)16-8-4-7-15(11-16)13-26-17(23)12-22-27(24,25)10-9-14-5-2-1-3-6-14/h1-11,22H,12-13H2/b10-9-. The Morgan fingerprint density at radius 3 is 2.44 bits per heavy atom. The normalized spacial score (nSPS) is 12.3. The lowest BCUT2D eigenvalue weighted by Crippen LogP contribution is -2.29. The van der Waals surface area contributed by atoms with Crippen molar-refractivity contribution in [1.29, 1.82) is 0 Å². The van der Waals surface area contributed by atoms with Gasteiger partial charge in [-0.2, -0.15) is 13.2 Å². The summed E-state index contributed by atoms with van der Waals surface area (Å²) in [5, 5.41) is 0.905. The van der Waals surface area contributed by atoms with Crippen LogP contribution in [0.3, 0.4) is 0 Å². The Hall–Kier alpha value is -2.65. The van der Waals surface area contributed by atoms with E-state index in [1.165, 1.54) is 18.2 Å². The van der Waals surface area contributed by atoms with Gasteiger partial charge in [0.2, 0.25) is 10.0 Å². The van der Waals surface area contributed by atoms with Gasteiger partial charge in [-0.1, -0.05) is 42.5 Å². The average Bonchev–Trinajstić information content (AvgIpc) is 2.64. The maximum absolute atomic E-state index is 12.6. The molecule has 1 N–H and O–H groups in total. The van der Waals surface area contributed by atoms with Crippen molar-refractivity contribution in [1.82, 2.24) is 4.72 Å². The first-order valence-corrected chi connectivity index (χ1v) is 9.25. The molecule has 5 nitrogen and oxygen atoms in total. The zero-order valence-electron chi connectivity index (χ0n) is 13.9. The molecular weight excluding hydrogens is 383 g/mol. The summed E-state index contributed by atoms with van der Waals surface area (Å²) >= 11 is 0. The number of nitrogens with one attached hydrogen (secondary N) is 1. The lowest BCUT2D eigenvalue weighted by molar-refractivity contribution is -0.143. The third-order valence-electron chi connectivity index (χ3n) is 3.31. The van der Waals surface area contributed by atoms with Gasteiger partial charge in [0.1, 0.15) is 13.2 Å². The SMILES string of the molecule is O=C(CNS(=O)(=O)/C=C\c1ccccc1)OCc1cccc(C(F)(F)F)c1. The maximum atomic E-state index is 12.6. The lowest BCUT2D eigenvalue weighted by Gasteiger charge is -2.09. The molecule has 0 heterocycles. The van der Waals surface area contributed by atoms with Gasteiger partial charge < -0.3 is 4.74 Å². The van der Waals surface area contributed by atoms with Crippen LogP contribution < -0.4 is 4.72 Å². The molecule has 0 saturated heterocycles. The van der Waals surface area contributed by atoms with Gasteiger partial charge in [0.15, 0.2) is 0 Å². The van der Waals surface area contributed by atoms with Gasteiger partial charge in [0.05, 0.1) is 5.56 Å². The molecule has 2 rings (SSSR count). The van der Waals surface area contributed by atoms with Crippen LogP contribution in [-0.2, 0) is 32.3 Å². The Morgan fingerprint density at radius 2 is 1.78 bits per heavy atom. The summed E-state index contributed by atoms with van der Waals surface area (Å²) in [6.45, 7) is -1.04. The minimum Gasteiger partial charge on any atom is -0.460 e. The van der Waals surface area contributed by atoms with Crippen LogP contribution in [0.1, 0.15) is 16.7 Å². The van der Waals surface area contributed by atoms with Crippen LogP contribution >= 0.6 is 0 Å². The van der Waals surface area contributed by atoms with Crippen molar-refractivity contribution >= 4 is 22.1 Å². The summed E-state index contributed by atoms with van der Waals surface area (Å²) in [7, 11) is -3.86. The predicted octanol–water partition coefficient (Wildman–Crippen LogP) is 3.34. The van der Waals surface area contributed by atoms with Gasteiger partial charge in [0.25, 0.3) is 0 Å². The summed E-state index contributed by atoms with van der Waals surface area (Å²) in [4.78, 5) is 11.6. The molecule has 0 aliphatic carbocycles. The molecule has 0 unspecified atom stereocenters. The van der Waals surface area contributed by atoms with E-state index in [1.807, 2.05) is 4.72 Å². The molecule has 2 aromatic carbocycles. The molecular formula is C18H16F3NO4S. The Morgan fingerprint density at radius 1 is 1.07 bits per heavy atom. The minimum absolute atomic E-state index is 0.144. The summed E-state index contributed by atoms with van der Waals surface area (Å²) in [6.07, 6.45) is -3.14.